The van der Waals surface area contributed by atoms with Crippen LogP contribution in [-0.4, -0.2) is 31.0 Å². The lowest BCUT2D eigenvalue weighted by Gasteiger charge is -2.09. The van der Waals surface area contributed by atoms with E-state index in [4.69, 9.17) is 0 Å². The van der Waals surface area contributed by atoms with E-state index in [1.165, 1.54) is 30.5 Å². The van der Waals surface area contributed by atoms with E-state index in [-0.39, 0.29) is 17.5 Å². The number of aromatic hydroxyl groups is 1. The highest BCUT2D eigenvalue weighted by molar-refractivity contribution is 6.08. The van der Waals surface area contributed by atoms with Crippen molar-refractivity contribution in [3.63, 3.8) is 0 Å². The van der Waals surface area contributed by atoms with Crippen molar-refractivity contribution in [3.8, 4) is 11.4 Å². The van der Waals surface area contributed by atoms with Crippen LogP contribution in [0.4, 0.5) is 10.2 Å². The van der Waals surface area contributed by atoms with Crippen molar-refractivity contribution in [1.82, 2.24) is 20.0 Å². The summed E-state index contributed by atoms with van der Waals surface area (Å²) in [7, 11) is 0. The number of hydrogen-bond donors (Lipinski definition) is 3. The fraction of sp³-hybridized carbons (Fsp3) is 0.150. The Balaban J connectivity index is 1.67. The molecule has 28 heavy (non-hydrogen) atoms. The quantitative estimate of drug-likeness (QED) is 0.491. The number of benzene rings is 2. The monoisotopic (exact) mass is 379 g/mol. The molecule has 0 aliphatic carbocycles. The lowest BCUT2D eigenvalue weighted by Crippen LogP contribution is -2.15. The number of fused-ring (bicyclic) bond motifs is 1. The van der Waals surface area contributed by atoms with Gasteiger partial charge in [0, 0.05) is 11.5 Å². The summed E-state index contributed by atoms with van der Waals surface area (Å²) in [5.41, 5.74) is 2.47. The van der Waals surface area contributed by atoms with Crippen LogP contribution < -0.4 is 5.32 Å². The number of halogens is 1. The molecular formula is C20H18FN5O2. The molecule has 0 bridgehead atoms. The number of phenolic OH excluding ortho intramolecular Hbond substituents is 1. The summed E-state index contributed by atoms with van der Waals surface area (Å²) < 4.78 is 14.9. The summed E-state index contributed by atoms with van der Waals surface area (Å²) in [6.07, 6.45) is 2.96. The van der Waals surface area contributed by atoms with Crippen LogP contribution in [0.5, 0.6) is 5.75 Å². The predicted octanol–water partition coefficient (Wildman–Crippen LogP) is 3.80. The van der Waals surface area contributed by atoms with Gasteiger partial charge in [0.15, 0.2) is 5.82 Å². The third-order valence-corrected chi connectivity index (χ3v) is 4.45. The van der Waals surface area contributed by atoms with Gasteiger partial charge >= 0.3 is 0 Å². The van der Waals surface area contributed by atoms with Crippen LogP contribution in [0.2, 0.25) is 0 Å². The largest absolute Gasteiger partial charge is 0.508 e. The molecule has 0 radical (unpaired) electrons. The number of phenols is 1. The molecule has 2 heterocycles. The van der Waals surface area contributed by atoms with Crippen LogP contribution in [0.15, 0.2) is 48.7 Å². The number of aromatic nitrogens is 4. The van der Waals surface area contributed by atoms with Gasteiger partial charge in [-0.3, -0.25) is 9.89 Å². The summed E-state index contributed by atoms with van der Waals surface area (Å²) in [5.74, 6) is -0.183. The normalized spacial score (nSPS) is 11.1. The van der Waals surface area contributed by atoms with Crippen molar-refractivity contribution >= 4 is 22.6 Å². The summed E-state index contributed by atoms with van der Waals surface area (Å²) in [4.78, 5) is 12.9. The summed E-state index contributed by atoms with van der Waals surface area (Å²) in [5, 5.41) is 24.3. The van der Waals surface area contributed by atoms with Crippen LogP contribution in [-0.2, 0) is 6.42 Å². The topological polar surface area (TPSA) is 95.8 Å². The predicted molar refractivity (Wildman–Crippen MR) is 103 cm³/mol. The number of nitrogens with zero attached hydrogens (tertiary/aromatic N) is 3. The zero-order chi connectivity index (χ0) is 19.7. The average Bonchev–Trinajstić information content (AvgIpc) is 3.27. The molecule has 0 unspecified atom stereocenters. The Bertz CT molecular complexity index is 1150. The van der Waals surface area contributed by atoms with E-state index >= 15 is 0 Å². The van der Waals surface area contributed by atoms with Gasteiger partial charge in [-0.15, -0.1) is 0 Å². The van der Waals surface area contributed by atoms with E-state index in [9.17, 15) is 14.3 Å². The van der Waals surface area contributed by atoms with E-state index < -0.39 is 0 Å². The van der Waals surface area contributed by atoms with Gasteiger partial charge in [0.05, 0.1) is 28.7 Å². The van der Waals surface area contributed by atoms with Crippen LogP contribution >= 0.6 is 0 Å². The highest BCUT2D eigenvalue weighted by Crippen LogP contribution is 2.25. The van der Waals surface area contributed by atoms with Crippen LogP contribution in [0.3, 0.4) is 0 Å². The first-order chi connectivity index (χ1) is 13.6. The second-order valence-corrected chi connectivity index (χ2v) is 6.40. The zero-order valence-electron chi connectivity index (χ0n) is 15.1. The van der Waals surface area contributed by atoms with Gasteiger partial charge in [-0.2, -0.15) is 10.2 Å². The number of carbonyl (C=O) groups excluding carboxylic acids is 1. The van der Waals surface area contributed by atoms with E-state index in [2.05, 4.69) is 20.6 Å². The van der Waals surface area contributed by atoms with Crippen molar-refractivity contribution in [1.29, 1.82) is 0 Å². The molecule has 142 valence electrons. The number of aromatic amines is 1. The minimum atomic E-state index is -0.335. The highest BCUT2D eigenvalue weighted by Gasteiger charge is 2.19. The fourth-order valence-electron chi connectivity index (χ4n) is 3.12. The molecule has 0 aliphatic rings. The number of hydrogen-bond acceptors (Lipinski definition) is 4. The zero-order valence-corrected chi connectivity index (χ0v) is 15.1. The molecule has 4 rings (SSSR count). The fourth-order valence-corrected chi connectivity index (χ4v) is 3.12. The minimum Gasteiger partial charge on any atom is -0.508 e. The first-order valence-electron chi connectivity index (χ1n) is 8.88. The van der Waals surface area contributed by atoms with Crippen molar-refractivity contribution in [2.75, 3.05) is 5.32 Å². The van der Waals surface area contributed by atoms with Crippen LogP contribution in [0.25, 0.3) is 16.6 Å². The molecule has 4 aromatic rings. The molecule has 0 saturated carbocycles. The molecule has 7 nitrogen and oxygen atoms in total. The number of amides is 1. The molecule has 0 atom stereocenters. The number of rotatable bonds is 5. The minimum absolute atomic E-state index is 0.111. The Labute approximate surface area is 159 Å². The second-order valence-electron chi connectivity index (χ2n) is 6.40. The number of carbonyl (C=O) groups is 1. The van der Waals surface area contributed by atoms with Gasteiger partial charge in [0.1, 0.15) is 11.6 Å². The summed E-state index contributed by atoms with van der Waals surface area (Å²) in [6.45, 7) is 2.01. The standard InChI is InChI=1S/C20H18FN5O2/c1-2-3-18-16(11-22-26(18)13-6-4-12(21)5-7-13)20(28)23-19-15-9-8-14(27)10-17(15)24-25-19/h4-11,27H,2-3H2,1H3,(H2,23,24,25,28). The molecule has 8 heteroatoms. The highest BCUT2D eigenvalue weighted by atomic mass is 19.1. The third kappa shape index (κ3) is 3.20. The molecule has 1 amide bonds. The van der Waals surface area contributed by atoms with E-state index in [1.807, 2.05) is 6.92 Å². The average molecular weight is 379 g/mol. The van der Waals surface area contributed by atoms with Crippen LogP contribution in [0.1, 0.15) is 29.4 Å². The van der Waals surface area contributed by atoms with E-state index in [1.54, 1.807) is 22.9 Å². The molecule has 3 N–H and O–H groups in total. The Kier molecular flexibility index (Phi) is 4.52. The maximum atomic E-state index is 13.2. The SMILES string of the molecule is CCCc1c(C(=O)Nc2n[nH]c3cc(O)ccc23)cnn1-c1ccc(F)cc1. The first-order valence-corrected chi connectivity index (χ1v) is 8.88. The van der Waals surface area contributed by atoms with Crippen molar-refractivity contribution in [2.45, 2.75) is 19.8 Å². The molecular weight excluding hydrogens is 361 g/mol. The smallest absolute Gasteiger partial charge is 0.260 e. The van der Waals surface area contributed by atoms with Gasteiger partial charge in [0.2, 0.25) is 0 Å². The van der Waals surface area contributed by atoms with Crippen molar-refractivity contribution in [3.05, 3.63) is 65.7 Å². The van der Waals surface area contributed by atoms with Crippen molar-refractivity contribution in [2.24, 2.45) is 0 Å². The van der Waals surface area contributed by atoms with Gasteiger partial charge in [0.25, 0.3) is 5.91 Å². The Hall–Kier alpha value is -3.68. The Morgan fingerprint density at radius 1 is 1.25 bits per heavy atom. The van der Waals surface area contributed by atoms with Crippen molar-refractivity contribution < 1.29 is 14.3 Å². The first kappa shape index (κ1) is 17.7. The van der Waals surface area contributed by atoms with E-state index in [0.717, 1.165) is 12.1 Å². The number of nitrogens with one attached hydrogen (secondary N) is 2. The Morgan fingerprint density at radius 2 is 2.04 bits per heavy atom. The third-order valence-electron chi connectivity index (χ3n) is 4.45. The molecule has 2 aromatic heterocycles. The maximum Gasteiger partial charge on any atom is 0.260 e. The number of H-pyrrole nitrogens is 1. The molecule has 2 aromatic carbocycles. The molecule has 0 saturated heterocycles. The lowest BCUT2D eigenvalue weighted by atomic mass is 10.1. The van der Waals surface area contributed by atoms with E-state index in [0.29, 0.717) is 34.4 Å². The van der Waals surface area contributed by atoms with Gasteiger partial charge in [-0.05, 0) is 42.8 Å². The summed E-state index contributed by atoms with van der Waals surface area (Å²) >= 11 is 0. The molecule has 0 spiro atoms. The number of anilines is 1. The lowest BCUT2D eigenvalue weighted by molar-refractivity contribution is 0.102. The molecule has 0 fully saturated rings. The van der Waals surface area contributed by atoms with Crippen LogP contribution in [0, 0.1) is 5.82 Å². The molecule has 0 aliphatic heterocycles. The maximum absolute atomic E-state index is 13.2. The Morgan fingerprint density at radius 3 is 2.79 bits per heavy atom. The van der Waals surface area contributed by atoms with Gasteiger partial charge in [-0.1, -0.05) is 13.3 Å². The van der Waals surface area contributed by atoms with Gasteiger partial charge in [-0.25, -0.2) is 9.07 Å². The second kappa shape index (κ2) is 7.15. The van der Waals surface area contributed by atoms with Gasteiger partial charge < -0.3 is 10.4 Å². The summed E-state index contributed by atoms with van der Waals surface area (Å²) in [6, 6.07) is 10.7.